The van der Waals surface area contributed by atoms with E-state index in [0.717, 1.165) is 5.56 Å². The van der Waals surface area contributed by atoms with Crippen LogP contribution in [0.1, 0.15) is 25.3 Å². The van der Waals surface area contributed by atoms with Crippen molar-refractivity contribution in [2.75, 3.05) is 32.6 Å². The molecule has 0 atom stereocenters. The molecule has 2 aromatic rings. The van der Waals surface area contributed by atoms with Crippen molar-refractivity contribution in [2.45, 2.75) is 26.3 Å². The molecule has 3 rings (SSSR count). The minimum absolute atomic E-state index is 0.0607. The van der Waals surface area contributed by atoms with Crippen LogP contribution in [0.3, 0.4) is 0 Å². The van der Waals surface area contributed by atoms with Gasteiger partial charge in [-0.1, -0.05) is 19.1 Å². The molecule has 0 spiro atoms. The normalized spacial score (nSPS) is 15.2. The van der Waals surface area contributed by atoms with Crippen LogP contribution in [0.5, 0.6) is 11.5 Å². The van der Waals surface area contributed by atoms with Gasteiger partial charge in [0.25, 0.3) is 0 Å². The van der Waals surface area contributed by atoms with Gasteiger partial charge in [-0.25, -0.2) is 9.18 Å². The van der Waals surface area contributed by atoms with Crippen molar-refractivity contribution in [3.8, 4) is 11.5 Å². The predicted molar refractivity (Wildman–Crippen MR) is 116 cm³/mol. The average molecular weight is 429 g/mol. The Morgan fingerprint density at radius 1 is 1.03 bits per heavy atom. The van der Waals surface area contributed by atoms with Gasteiger partial charge in [0.2, 0.25) is 5.91 Å². The highest BCUT2D eigenvalue weighted by Gasteiger charge is 2.38. The molecule has 1 aliphatic rings. The van der Waals surface area contributed by atoms with Gasteiger partial charge in [0.05, 0.1) is 14.2 Å². The Hall–Kier alpha value is -3.29. The molecule has 2 aromatic carbocycles. The number of urea groups is 1. The van der Waals surface area contributed by atoms with Gasteiger partial charge in [-0.2, -0.15) is 0 Å². The lowest BCUT2D eigenvalue weighted by atomic mass is 9.79. The Bertz CT molecular complexity index is 903. The topological polar surface area (TPSA) is 79.9 Å². The predicted octanol–water partition coefficient (Wildman–Crippen LogP) is 3.79. The van der Waals surface area contributed by atoms with E-state index >= 15 is 0 Å². The minimum atomic E-state index is -0.560. The molecule has 31 heavy (non-hydrogen) atoms. The molecule has 3 amide bonds. The van der Waals surface area contributed by atoms with E-state index in [0.29, 0.717) is 49.7 Å². The fourth-order valence-electron chi connectivity index (χ4n) is 3.51. The lowest BCUT2D eigenvalue weighted by Gasteiger charge is -2.38. The number of hydrogen-bond donors (Lipinski definition) is 2. The van der Waals surface area contributed by atoms with Crippen LogP contribution in [0.25, 0.3) is 0 Å². The highest BCUT2D eigenvalue weighted by Crippen LogP contribution is 2.32. The van der Waals surface area contributed by atoms with Gasteiger partial charge in [-0.15, -0.1) is 0 Å². The number of likely N-dealkylation sites (tertiary alicyclic amines) is 1. The first-order chi connectivity index (χ1) is 14.8. The van der Waals surface area contributed by atoms with Crippen LogP contribution in [-0.4, -0.2) is 44.1 Å². The number of nitrogens with zero attached hydrogens (tertiary/aromatic N) is 1. The summed E-state index contributed by atoms with van der Waals surface area (Å²) in [5.41, 5.74) is 0.853. The summed E-state index contributed by atoms with van der Waals surface area (Å²) >= 11 is 0. The summed E-state index contributed by atoms with van der Waals surface area (Å²) in [4.78, 5) is 27.1. The number of carbonyl (C=O) groups is 2. The third-order valence-corrected chi connectivity index (χ3v) is 5.67. The van der Waals surface area contributed by atoms with E-state index in [4.69, 9.17) is 9.47 Å². The van der Waals surface area contributed by atoms with E-state index in [1.54, 1.807) is 49.5 Å². The second-order valence-electron chi connectivity index (χ2n) is 7.89. The molecule has 0 saturated carbocycles. The second kappa shape index (κ2) is 9.68. The quantitative estimate of drug-likeness (QED) is 0.732. The summed E-state index contributed by atoms with van der Waals surface area (Å²) in [6.07, 6.45) is 1.11. The number of amides is 3. The highest BCUT2D eigenvalue weighted by molar-refractivity contribution is 5.90. The summed E-state index contributed by atoms with van der Waals surface area (Å²) in [5.74, 6) is 0.798. The highest BCUT2D eigenvalue weighted by atomic mass is 19.1. The SMILES string of the molecule is COc1cc(NC(=O)N2CCC(C)(C(=O)NCc3ccc(F)cc3)CC2)cc(OC)c1. The number of methoxy groups -OCH3 is 2. The third-order valence-electron chi connectivity index (χ3n) is 5.67. The number of ether oxygens (including phenoxy) is 2. The van der Waals surface area contributed by atoms with E-state index in [-0.39, 0.29) is 17.8 Å². The fraction of sp³-hybridized carbons (Fsp3) is 0.391. The fourth-order valence-corrected chi connectivity index (χ4v) is 3.51. The number of carbonyl (C=O) groups excluding carboxylic acids is 2. The van der Waals surface area contributed by atoms with Crippen molar-refractivity contribution in [3.05, 3.63) is 53.8 Å². The molecule has 0 aliphatic carbocycles. The Labute approximate surface area is 181 Å². The standard InChI is InChI=1S/C23H28FN3O4/c1-23(21(28)25-15-16-4-6-17(24)7-5-16)8-10-27(11-9-23)22(29)26-18-12-19(30-2)14-20(13-18)31-3/h4-7,12-14H,8-11,15H2,1-3H3,(H,25,28)(H,26,29). The van der Waals surface area contributed by atoms with Crippen LogP contribution < -0.4 is 20.1 Å². The molecule has 2 N–H and O–H groups in total. The number of nitrogens with one attached hydrogen (secondary N) is 2. The summed E-state index contributed by atoms with van der Waals surface area (Å²) < 4.78 is 23.5. The zero-order valence-corrected chi connectivity index (χ0v) is 18.0. The van der Waals surface area contributed by atoms with Crippen LogP contribution in [0.2, 0.25) is 0 Å². The van der Waals surface area contributed by atoms with Gasteiger partial charge >= 0.3 is 6.03 Å². The number of halogens is 1. The van der Waals surface area contributed by atoms with Crippen molar-refractivity contribution >= 4 is 17.6 Å². The van der Waals surface area contributed by atoms with Crippen molar-refractivity contribution in [3.63, 3.8) is 0 Å². The summed E-state index contributed by atoms with van der Waals surface area (Å²) in [6, 6.07) is 11.0. The van der Waals surface area contributed by atoms with Crippen molar-refractivity contribution < 1.29 is 23.5 Å². The molecule has 8 heteroatoms. The van der Waals surface area contributed by atoms with E-state index < -0.39 is 5.41 Å². The molecule has 0 radical (unpaired) electrons. The molecule has 1 heterocycles. The van der Waals surface area contributed by atoms with E-state index in [2.05, 4.69) is 10.6 Å². The molecule has 0 unspecified atom stereocenters. The van der Waals surface area contributed by atoms with Gasteiger partial charge in [0, 0.05) is 48.9 Å². The maximum absolute atomic E-state index is 13.0. The number of rotatable bonds is 6. The summed E-state index contributed by atoms with van der Waals surface area (Å²) in [5, 5.41) is 5.79. The minimum Gasteiger partial charge on any atom is -0.497 e. The molecule has 166 valence electrons. The molecular weight excluding hydrogens is 401 g/mol. The Kier molecular flexibility index (Phi) is 6.99. The first-order valence-corrected chi connectivity index (χ1v) is 10.1. The van der Waals surface area contributed by atoms with Gasteiger partial charge in [-0.3, -0.25) is 4.79 Å². The number of anilines is 1. The molecule has 1 saturated heterocycles. The molecule has 1 aliphatic heterocycles. The smallest absolute Gasteiger partial charge is 0.321 e. The van der Waals surface area contributed by atoms with Crippen molar-refractivity contribution in [2.24, 2.45) is 5.41 Å². The largest absolute Gasteiger partial charge is 0.497 e. The Balaban J connectivity index is 1.53. The monoisotopic (exact) mass is 429 g/mol. The number of benzene rings is 2. The van der Waals surface area contributed by atoms with Crippen LogP contribution in [-0.2, 0) is 11.3 Å². The molecule has 0 bridgehead atoms. The lowest BCUT2D eigenvalue weighted by molar-refractivity contribution is -0.132. The maximum Gasteiger partial charge on any atom is 0.321 e. The molecule has 7 nitrogen and oxygen atoms in total. The van der Waals surface area contributed by atoms with Crippen LogP contribution in [0, 0.1) is 11.2 Å². The van der Waals surface area contributed by atoms with Crippen molar-refractivity contribution in [1.29, 1.82) is 0 Å². The zero-order chi connectivity index (χ0) is 22.4. The van der Waals surface area contributed by atoms with E-state index in [9.17, 15) is 14.0 Å². The van der Waals surface area contributed by atoms with Gasteiger partial charge in [-0.05, 0) is 30.5 Å². The van der Waals surface area contributed by atoms with Gasteiger partial charge in [0.15, 0.2) is 0 Å². The Morgan fingerprint density at radius 3 is 2.16 bits per heavy atom. The van der Waals surface area contributed by atoms with Gasteiger partial charge < -0.3 is 25.0 Å². The second-order valence-corrected chi connectivity index (χ2v) is 7.89. The van der Waals surface area contributed by atoms with Gasteiger partial charge in [0.1, 0.15) is 17.3 Å². The molecular formula is C23H28FN3O4. The van der Waals surface area contributed by atoms with Crippen LogP contribution in [0.15, 0.2) is 42.5 Å². The first-order valence-electron chi connectivity index (χ1n) is 10.1. The third kappa shape index (κ3) is 5.65. The number of hydrogen-bond acceptors (Lipinski definition) is 4. The van der Waals surface area contributed by atoms with Crippen molar-refractivity contribution in [1.82, 2.24) is 10.2 Å². The Morgan fingerprint density at radius 2 is 1.61 bits per heavy atom. The van der Waals surface area contributed by atoms with Crippen LogP contribution >= 0.6 is 0 Å². The maximum atomic E-state index is 13.0. The van der Waals surface area contributed by atoms with Crippen LogP contribution in [0.4, 0.5) is 14.9 Å². The summed E-state index contributed by atoms with van der Waals surface area (Å²) in [6.45, 7) is 3.19. The van der Waals surface area contributed by atoms with E-state index in [1.807, 2.05) is 6.92 Å². The number of piperidine rings is 1. The lowest BCUT2D eigenvalue weighted by Crippen LogP contribution is -2.49. The molecule has 1 fully saturated rings. The zero-order valence-electron chi connectivity index (χ0n) is 18.0. The first kappa shape index (κ1) is 22.4. The molecule has 0 aromatic heterocycles. The summed E-state index contributed by atoms with van der Waals surface area (Å²) in [7, 11) is 3.10. The van der Waals surface area contributed by atoms with E-state index in [1.165, 1.54) is 12.1 Å². The average Bonchev–Trinajstić information content (AvgIpc) is 2.78.